The van der Waals surface area contributed by atoms with Gasteiger partial charge in [0.2, 0.25) is 0 Å². The topological polar surface area (TPSA) is 154 Å². The first-order valence-electron chi connectivity index (χ1n) is 11.4. The molecule has 198 valence electrons. The van der Waals surface area contributed by atoms with Crippen LogP contribution in [0.2, 0.25) is 0 Å². The van der Waals surface area contributed by atoms with Crippen LogP contribution in [0.25, 0.3) is 22.0 Å². The standard InChI is InChI=1S/C12H14N2O3S.C11H12N2O4S2/c1-7-12-8(13-6-18-12)2-3-14(7)11-4-9(16)10(5-15)17-11;14-3-6-7(15)8(16)10(17-6)13-2-1-5-9(11(13)18)19-4-12-5/h2-3,6,9-11,15-16H,1,4-5H2;1-2,4,6-8,10,14-16H,3H2/t9?,10-,11-;6-,7?,8+,10-/m11/s1. The zero-order chi connectivity index (χ0) is 26.3. The van der Waals surface area contributed by atoms with Crippen molar-refractivity contribution in [2.45, 2.75) is 49.4 Å². The van der Waals surface area contributed by atoms with E-state index in [-0.39, 0.29) is 19.4 Å². The Morgan fingerprint density at radius 2 is 1.81 bits per heavy atom. The number of thiazole rings is 2. The molecule has 6 rings (SSSR count). The third-order valence-electron chi connectivity index (χ3n) is 6.46. The second kappa shape index (κ2) is 10.9. The van der Waals surface area contributed by atoms with E-state index in [1.165, 1.54) is 22.7 Å². The molecular formula is C23H26N4O7S3. The minimum atomic E-state index is -1.13. The Bertz CT molecular complexity index is 1360. The summed E-state index contributed by atoms with van der Waals surface area (Å²) in [5.74, 6) is 0. The summed E-state index contributed by atoms with van der Waals surface area (Å²) in [6.45, 7) is 3.52. The van der Waals surface area contributed by atoms with Gasteiger partial charge in [0.25, 0.3) is 0 Å². The van der Waals surface area contributed by atoms with E-state index in [2.05, 4.69) is 16.5 Å². The average molecular weight is 567 g/mol. The van der Waals surface area contributed by atoms with Crippen LogP contribution in [0.3, 0.4) is 0 Å². The number of aliphatic hydroxyl groups excluding tert-OH is 5. The predicted molar refractivity (Wildman–Crippen MR) is 140 cm³/mol. The maximum absolute atomic E-state index is 9.99. The smallest absolute Gasteiger partial charge is 0.164 e. The van der Waals surface area contributed by atoms with Crippen molar-refractivity contribution in [1.29, 1.82) is 0 Å². The predicted octanol–water partition coefficient (Wildman–Crippen LogP) is 1.31. The van der Waals surface area contributed by atoms with E-state index in [0.29, 0.717) is 11.1 Å². The Morgan fingerprint density at radius 1 is 1.05 bits per heavy atom. The van der Waals surface area contributed by atoms with Crippen molar-refractivity contribution in [3.8, 4) is 0 Å². The summed E-state index contributed by atoms with van der Waals surface area (Å²) in [6.07, 6.45) is 0.602. The van der Waals surface area contributed by atoms with Crippen molar-refractivity contribution in [3.05, 3.63) is 51.3 Å². The van der Waals surface area contributed by atoms with Crippen LogP contribution in [-0.4, -0.2) is 94.9 Å². The Labute approximate surface area is 224 Å². The average Bonchev–Trinajstić information content (AvgIpc) is 3.68. The molecule has 3 aliphatic rings. The molecule has 0 aromatic carbocycles. The summed E-state index contributed by atoms with van der Waals surface area (Å²) < 4.78 is 14.0. The van der Waals surface area contributed by atoms with Gasteiger partial charge in [-0.1, -0.05) is 18.8 Å². The van der Waals surface area contributed by atoms with E-state index in [1.54, 1.807) is 27.9 Å². The molecule has 2 unspecified atom stereocenters. The number of rotatable bonds is 4. The third kappa shape index (κ3) is 4.90. The quantitative estimate of drug-likeness (QED) is 0.291. The molecule has 3 aliphatic heterocycles. The van der Waals surface area contributed by atoms with Crippen molar-refractivity contribution in [2.75, 3.05) is 13.2 Å². The highest BCUT2D eigenvalue weighted by atomic mass is 32.1. The molecular weight excluding hydrogens is 540 g/mol. The maximum atomic E-state index is 9.99. The number of nitrogens with zero attached hydrogens (tertiary/aromatic N) is 4. The van der Waals surface area contributed by atoms with Crippen LogP contribution >= 0.6 is 34.9 Å². The van der Waals surface area contributed by atoms with E-state index < -0.39 is 36.7 Å². The molecule has 7 atom stereocenters. The number of fused-ring (bicyclic) bond motifs is 2. The lowest BCUT2D eigenvalue weighted by molar-refractivity contribution is -0.0533. The molecule has 14 heteroatoms. The summed E-state index contributed by atoms with van der Waals surface area (Å²) in [5, 5.41) is 47.7. The molecule has 6 heterocycles. The highest BCUT2D eigenvalue weighted by molar-refractivity contribution is 7.71. The van der Waals surface area contributed by atoms with Gasteiger partial charge in [0, 0.05) is 18.8 Å². The van der Waals surface area contributed by atoms with E-state index in [9.17, 15) is 15.3 Å². The number of hydrogen-bond acceptors (Lipinski definition) is 13. The van der Waals surface area contributed by atoms with Crippen molar-refractivity contribution in [3.63, 3.8) is 0 Å². The van der Waals surface area contributed by atoms with Gasteiger partial charge in [-0.3, -0.25) is 0 Å². The Hall–Kier alpha value is -2.11. The molecule has 0 radical (unpaired) electrons. The molecule has 0 bridgehead atoms. The fourth-order valence-electron chi connectivity index (χ4n) is 4.45. The van der Waals surface area contributed by atoms with E-state index in [4.69, 9.17) is 31.9 Å². The molecule has 5 N–H and O–H groups in total. The van der Waals surface area contributed by atoms with Crippen molar-refractivity contribution < 1.29 is 35.0 Å². The molecule has 3 aromatic heterocycles. The monoisotopic (exact) mass is 566 g/mol. The van der Waals surface area contributed by atoms with Crippen LogP contribution in [0.4, 0.5) is 0 Å². The van der Waals surface area contributed by atoms with Crippen LogP contribution in [-0.2, 0) is 9.47 Å². The van der Waals surface area contributed by atoms with Gasteiger partial charge < -0.3 is 44.5 Å². The lowest BCUT2D eigenvalue weighted by Crippen LogP contribution is -2.33. The number of aliphatic hydroxyl groups is 5. The number of pyridine rings is 1. The molecule has 0 saturated carbocycles. The Balaban J connectivity index is 0.000000152. The van der Waals surface area contributed by atoms with Crippen LogP contribution in [0.5, 0.6) is 0 Å². The lowest BCUT2D eigenvalue weighted by atomic mass is 10.1. The van der Waals surface area contributed by atoms with Crippen molar-refractivity contribution in [1.82, 2.24) is 19.4 Å². The van der Waals surface area contributed by atoms with Crippen LogP contribution in [0.1, 0.15) is 23.2 Å². The largest absolute Gasteiger partial charge is 0.394 e. The molecule has 11 nitrogen and oxygen atoms in total. The summed E-state index contributed by atoms with van der Waals surface area (Å²) in [6, 6.07) is 1.77. The van der Waals surface area contributed by atoms with Gasteiger partial charge in [-0.2, -0.15) is 0 Å². The fraction of sp³-hybridized carbons (Fsp3) is 0.435. The van der Waals surface area contributed by atoms with Crippen LogP contribution in [0, 0.1) is 4.64 Å². The van der Waals surface area contributed by atoms with Gasteiger partial charge in [-0.15, -0.1) is 22.7 Å². The van der Waals surface area contributed by atoms with Gasteiger partial charge in [0.1, 0.15) is 35.3 Å². The molecule has 37 heavy (non-hydrogen) atoms. The first-order valence-corrected chi connectivity index (χ1v) is 13.6. The molecule has 2 saturated heterocycles. The second-order valence-electron chi connectivity index (χ2n) is 8.67. The van der Waals surface area contributed by atoms with Crippen molar-refractivity contribution >= 4 is 56.9 Å². The van der Waals surface area contributed by atoms with E-state index in [0.717, 1.165) is 26.5 Å². The SMILES string of the molecule is C=C1c2scnc2C=CN1[C@H]1CC(O)[C@@H](CO)O1.OC[C@H]1O[C@@H](n2ccc3ncsc3c2=S)[C@@H](O)C1O. The Morgan fingerprint density at radius 3 is 2.51 bits per heavy atom. The minimum absolute atomic E-state index is 0.173. The van der Waals surface area contributed by atoms with Gasteiger partial charge in [-0.25, -0.2) is 9.97 Å². The fourth-order valence-corrected chi connectivity index (χ4v) is 6.33. The minimum Gasteiger partial charge on any atom is -0.394 e. The highest BCUT2D eigenvalue weighted by Gasteiger charge is 2.43. The van der Waals surface area contributed by atoms with Gasteiger partial charge >= 0.3 is 0 Å². The summed E-state index contributed by atoms with van der Waals surface area (Å²) in [7, 11) is 0. The Kier molecular flexibility index (Phi) is 7.83. The second-order valence-corrected chi connectivity index (χ2v) is 10.8. The van der Waals surface area contributed by atoms with E-state index in [1.807, 2.05) is 17.2 Å². The van der Waals surface area contributed by atoms with Gasteiger partial charge in [0.05, 0.1) is 56.8 Å². The van der Waals surface area contributed by atoms with E-state index >= 15 is 0 Å². The normalized spacial score (nSPS) is 31.0. The third-order valence-corrected chi connectivity index (χ3v) is 8.75. The summed E-state index contributed by atoms with van der Waals surface area (Å²) >= 11 is 8.29. The highest BCUT2D eigenvalue weighted by Crippen LogP contribution is 2.36. The molecule has 3 aromatic rings. The molecule has 0 amide bonds. The van der Waals surface area contributed by atoms with Gasteiger partial charge in [0.15, 0.2) is 6.23 Å². The number of hydrogen-bond donors (Lipinski definition) is 5. The number of aromatic nitrogens is 3. The van der Waals surface area contributed by atoms with Crippen LogP contribution in [0.15, 0.2) is 36.1 Å². The molecule has 0 aliphatic carbocycles. The summed E-state index contributed by atoms with van der Waals surface area (Å²) in [5.41, 5.74) is 6.01. The maximum Gasteiger partial charge on any atom is 0.164 e. The molecule has 2 fully saturated rings. The zero-order valence-corrected chi connectivity index (χ0v) is 21.8. The van der Waals surface area contributed by atoms with Gasteiger partial charge in [-0.05, 0) is 12.1 Å². The first kappa shape index (κ1) is 26.5. The summed E-state index contributed by atoms with van der Waals surface area (Å²) in [4.78, 5) is 11.3. The first-order chi connectivity index (χ1) is 17.8. The lowest BCUT2D eigenvalue weighted by Gasteiger charge is -2.30. The zero-order valence-electron chi connectivity index (χ0n) is 19.4. The van der Waals surface area contributed by atoms with Crippen molar-refractivity contribution in [2.24, 2.45) is 0 Å². The number of ether oxygens (including phenoxy) is 2. The molecule has 0 spiro atoms. The van der Waals surface area contributed by atoms with Crippen LogP contribution < -0.4 is 0 Å².